The number of nitrogens with one attached hydrogen (secondary N) is 1. The fourth-order valence-electron chi connectivity index (χ4n) is 1.09. The van der Waals surface area contributed by atoms with Crippen molar-refractivity contribution < 1.29 is 13.6 Å². The molecule has 0 saturated carbocycles. The van der Waals surface area contributed by atoms with E-state index in [4.69, 9.17) is 5.73 Å². The normalized spacial score (nSPS) is 10.2. The summed E-state index contributed by atoms with van der Waals surface area (Å²) in [7, 11) is 0. The highest BCUT2D eigenvalue weighted by Crippen LogP contribution is 2.23. The molecule has 1 amide bonds. The maximum Gasteiger partial charge on any atom is 0.224 e. The summed E-state index contributed by atoms with van der Waals surface area (Å²) < 4.78 is 26.4. The van der Waals surface area contributed by atoms with Gasteiger partial charge >= 0.3 is 0 Å². The number of carbonyl (C=O) groups excluding carboxylic acids is 1. The van der Waals surface area contributed by atoms with E-state index in [0.29, 0.717) is 13.0 Å². The summed E-state index contributed by atoms with van der Waals surface area (Å²) in [5, 5.41) is 2.28. The Kier molecular flexibility index (Phi) is 4.82. The number of hydrogen-bond donors (Lipinski definition) is 2. The molecule has 1 aromatic carbocycles. The van der Waals surface area contributed by atoms with Crippen LogP contribution in [0.3, 0.4) is 0 Å². The van der Waals surface area contributed by atoms with Gasteiger partial charge in [-0.3, -0.25) is 4.79 Å². The van der Waals surface area contributed by atoms with Gasteiger partial charge in [0.1, 0.15) is 11.6 Å². The van der Waals surface area contributed by atoms with Crippen molar-refractivity contribution in [3.8, 4) is 0 Å². The van der Waals surface area contributed by atoms with Gasteiger partial charge in [0.25, 0.3) is 0 Å². The van der Waals surface area contributed by atoms with Crippen LogP contribution in [0.2, 0.25) is 0 Å². The van der Waals surface area contributed by atoms with Gasteiger partial charge in [0.05, 0.1) is 10.2 Å². The fraction of sp³-hybridized carbons (Fsp3) is 0.300. The van der Waals surface area contributed by atoms with Crippen LogP contribution < -0.4 is 11.1 Å². The quantitative estimate of drug-likeness (QED) is 0.838. The Labute approximate surface area is 100 Å². The lowest BCUT2D eigenvalue weighted by Gasteiger charge is -2.06. The molecule has 0 aliphatic heterocycles. The number of carbonyl (C=O) groups is 1. The van der Waals surface area contributed by atoms with Crippen molar-refractivity contribution in [2.24, 2.45) is 5.73 Å². The van der Waals surface area contributed by atoms with Crippen LogP contribution in [0, 0.1) is 11.6 Å². The summed E-state index contributed by atoms with van der Waals surface area (Å²) in [5.74, 6) is -1.70. The van der Waals surface area contributed by atoms with Gasteiger partial charge in [-0.2, -0.15) is 0 Å². The van der Waals surface area contributed by atoms with E-state index in [1.54, 1.807) is 0 Å². The minimum Gasteiger partial charge on any atom is -0.330 e. The first-order valence-electron chi connectivity index (χ1n) is 4.69. The number of amides is 1. The van der Waals surface area contributed by atoms with E-state index in [2.05, 4.69) is 21.2 Å². The van der Waals surface area contributed by atoms with Crippen LogP contribution in [-0.4, -0.2) is 12.5 Å². The molecule has 3 nitrogen and oxygen atoms in total. The van der Waals surface area contributed by atoms with Crippen LogP contribution in [0.1, 0.15) is 12.8 Å². The summed E-state index contributed by atoms with van der Waals surface area (Å²) in [6, 6.07) is 1.90. The largest absolute Gasteiger partial charge is 0.330 e. The molecule has 6 heteroatoms. The van der Waals surface area contributed by atoms with Gasteiger partial charge in [-0.05, 0) is 35.0 Å². The van der Waals surface area contributed by atoms with E-state index in [1.165, 1.54) is 0 Å². The second kappa shape index (κ2) is 5.91. The molecule has 0 saturated heterocycles. The molecule has 1 aromatic rings. The van der Waals surface area contributed by atoms with E-state index >= 15 is 0 Å². The van der Waals surface area contributed by atoms with Crippen LogP contribution in [-0.2, 0) is 4.79 Å². The molecule has 0 aromatic heterocycles. The number of nitrogens with two attached hydrogens (primary N) is 1. The lowest BCUT2D eigenvalue weighted by Crippen LogP contribution is -2.14. The summed E-state index contributed by atoms with van der Waals surface area (Å²) in [5.41, 5.74) is 5.06. The van der Waals surface area contributed by atoms with Crippen LogP contribution in [0.4, 0.5) is 14.5 Å². The molecule has 0 bridgehead atoms. The topological polar surface area (TPSA) is 55.1 Å². The van der Waals surface area contributed by atoms with Gasteiger partial charge in [0, 0.05) is 12.5 Å². The van der Waals surface area contributed by atoms with Crippen LogP contribution in [0.25, 0.3) is 0 Å². The first-order valence-corrected chi connectivity index (χ1v) is 5.48. The monoisotopic (exact) mass is 292 g/mol. The average Bonchev–Trinajstić information content (AvgIpc) is 2.23. The molecule has 0 fully saturated rings. The Morgan fingerprint density at radius 1 is 1.38 bits per heavy atom. The highest BCUT2D eigenvalue weighted by atomic mass is 79.9. The van der Waals surface area contributed by atoms with Crippen molar-refractivity contribution in [2.75, 3.05) is 11.9 Å². The molecule has 3 N–H and O–H groups in total. The highest BCUT2D eigenvalue weighted by Gasteiger charge is 2.10. The SMILES string of the molecule is NCCCC(=O)Nc1cc(F)c(Br)cc1F. The van der Waals surface area contributed by atoms with E-state index in [-0.39, 0.29) is 22.5 Å². The molecule has 1 rings (SSSR count). The van der Waals surface area contributed by atoms with E-state index in [0.717, 1.165) is 12.1 Å². The van der Waals surface area contributed by atoms with Gasteiger partial charge in [-0.1, -0.05) is 0 Å². The van der Waals surface area contributed by atoms with Crippen LogP contribution in [0.5, 0.6) is 0 Å². The summed E-state index contributed by atoms with van der Waals surface area (Å²) in [4.78, 5) is 11.3. The molecule has 88 valence electrons. The number of anilines is 1. The Balaban J connectivity index is 2.73. The lowest BCUT2D eigenvalue weighted by molar-refractivity contribution is -0.116. The van der Waals surface area contributed by atoms with Crippen molar-refractivity contribution in [1.82, 2.24) is 0 Å². The summed E-state index contributed by atoms with van der Waals surface area (Å²) >= 11 is 2.84. The molecule has 0 radical (unpaired) electrons. The van der Waals surface area contributed by atoms with Crippen molar-refractivity contribution >= 4 is 27.5 Å². The number of benzene rings is 1. The van der Waals surface area contributed by atoms with Crippen molar-refractivity contribution in [1.29, 1.82) is 0 Å². The maximum absolute atomic E-state index is 13.3. The Morgan fingerprint density at radius 2 is 2.06 bits per heavy atom. The van der Waals surface area contributed by atoms with Gasteiger partial charge < -0.3 is 11.1 Å². The second-order valence-corrected chi connectivity index (χ2v) is 4.04. The van der Waals surface area contributed by atoms with Crippen molar-refractivity contribution in [2.45, 2.75) is 12.8 Å². The smallest absolute Gasteiger partial charge is 0.224 e. The first-order chi connectivity index (χ1) is 7.54. The number of rotatable bonds is 4. The Morgan fingerprint density at radius 3 is 2.69 bits per heavy atom. The number of halogens is 3. The standard InChI is InChI=1S/C10H11BrF2N2O/c11-6-4-8(13)9(5-7(6)12)15-10(16)2-1-3-14/h4-5H,1-3,14H2,(H,15,16). The van der Waals surface area contributed by atoms with E-state index < -0.39 is 11.6 Å². The Hall–Kier alpha value is -1.01. The molecule has 16 heavy (non-hydrogen) atoms. The predicted octanol–water partition coefficient (Wildman–Crippen LogP) is 2.40. The summed E-state index contributed by atoms with van der Waals surface area (Å²) in [6.07, 6.45) is 0.695. The van der Waals surface area contributed by atoms with Crippen molar-refractivity contribution in [3.05, 3.63) is 28.2 Å². The summed E-state index contributed by atoms with van der Waals surface area (Å²) in [6.45, 7) is 0.380. The zero-order valence-electron chi connectivity index (χ0n) is 8.40. The zero-order valence-corrected chi connectivity index (χ0v) is 9.98. The molecule has 0 unspecified atom stereocenters. The molecular weight excluding hydrogens is 282 g/mol. The molecule has 0 aliphatic rings. The molecular formula is C10H11BrF2N2O. The fourth-order valence-corrected chi connectivity index (χ4v) is 1.41. The minimum absolute atomic E-state index is 0.0185. The molecule has 0 aliphatic carbocycles. The third-order valence-corrected chi connectivity index (χ3v) is 2.50. The lowest BCUT2D eigenvalue weighted by atomic mass is 10.2. The van der Waals surface area contributed by atoms with Crippen molar-refractivity contribution in [3.63, 3.8) is 0 Å². The third-order valence-electron chi connectivity index (χ3n) is 1.89. The highest BCUT2D eigenvalue weighted by molar-refractivity contribution is 9.10. The maximum atomic E-state index is 13.3. The van der Waals surface area contributed by atoms with Gasteiger partial charge in [-0.15, -0.1) is 0 Å². The third kappa shape index (κ3) is 3.53. The molecule has 0 heterocycles. The average molecular weight is 293 g/mol. The van der Waals surface area contributed by atoms with Crippen LogP contribution >= 0.6 is 15.9 Å². The minimum atomic E-state index is -0.686. The van der Waals surface area contributed by atoms with E-state index in [9.17, 15) is 13.6 Å². The molecule has 0 atom stereocenters. The molecule has 0 spiro atoms. The van der Waals surface area contributed by atoms with Gasteiger partial charge in [0.15, 0.2) is 0 Å². The van der Waals surface area contributed by atoms with Gasteiger partial charge in [-0.25, -0.2) is 8.78 Å². The van der Waals surface area contributed by atoms with E-state index in [1.807, 2.05) is 0 Å². The second-order valence-electron chi connectivity index (χ2n) is 3.19. The van der Waals surface area contributed by atoms with Gasteiger partial charge in [0.2, 0.25) is 5.91 Å². The zero-order chi connectivity index (χ0) is 12.1. The first kappa shape index (κ1) is 13.1. The van der Waals surface area contributed by atoms with Crippen LogP contribution in [0.15, 0.2) is 16.6 Å². The Bertz CT molecular complexity index is 399. The predicted molar refractivity (Wildman–Crippen MR) is 61.0 cm³/mol. The number of hydrogen-bond acceptors (Lipinski definition) is 2.